The third-order valence-corrected chi connectivity index (χ3v) is 6.34. The van der Waals surface area contributed by atoms with Crippen LogP contribution in [0, 0.1) is 6.92 Å². The summed E-state index contributed by atoms with van der Waals surface area (Å²) in [6.07, 6.45) is 2.48. The van der Waals surface area contributed by atoms with Crippen molar-refractivity contribution in [1.29, 1.82) is 0 Å². The number of morpholine rings is 1. The van der Waals surface area contributed by atoms with Gasteiger partial charge in [0.15, 0.2) is 0 Å². The maximum atomic E-state index is 12.6. The van der Waals surface area contributed by atoms with E-state index in [1.54, 1.807) is 31.2 Å². The minimum Gasteiger partial charge on any atom is -0.478 e. The molecule has 144 valence electrons. The molecule has 1 aliphatic rings. The predicted octanol–water partition coefficient (Wildman–Crippen LogP) is 1.29. The molecule has 0 saturated carbocycles. The number of ether oxygens (including phenoxy) is 1. The Morgan fingerprint density at radius 3 is 2.44 bits per heavy atom. The highest BCUT2D eigenvalue weighted by Gasteiger charge is 2.26. The molecule has 3 rings (SSSR count). The number of carboxylic acid groups (broad SMARTS) is 1. The van der Waals surface area contributed by atoms with Gasteiger partial charge >= 0.3 is 5.97 Å². The highest BCUT2D eigenvalue weighted by Crippen LogP contribution is 2.18. The van der Waals surface area contributed by atoms with Gasteiger partial charge in [0.1, 0.15) is 5.82 Å². The number of hydrogen-bond acceptors (Lipinski definition) is 6. The van der Waals surface area contributed by atoms with Crippen LogP contribution < -0.4 is 0 Å². The van der Waals surface area contributed by atoms with E-state index in [2.05, 4.69) is 9.97 Å². The van der Waals surface area contributed by atoms with Gasteiger partial charge in [-0.1, -0.05) is 12.1 Å². The minimum atomic E-state index is -3.49. The molecule has 0 aliphatic carbocycles. The van der Waals surface area contributed by atoms with Gasteiger partial charge in [-0.3, -0.25) is 0 Å². The lowest BCUT2D eigenvalue weighted by atomic mass is 10.1. The highest BCUT2D eigenvalue weighted by molar-refractivity contribution is 7.89. The van der Waals surface area contributed by atoms with Gasteiger partial charge in [-0.25, -0.2) is 23.2 Å². The number of aromatic carboxylic acids is 1. The Bertz CT molecular complexity index is 923. The molecular formula is C18H21N3O5S. The second-order valence-corrected chi connectivity index (χ2v) is 8.19. The van der Waals surface area contributed by atoms with E-state index in [1.807, 2.05) is 0 Å². The summed E-state index contributed by atoms with van der Waals surface area (Å²) in [6.45, 7) is 3.20. The Kier molecular flexibility index (Phi) is 5.83. The van der Waals surface area contributed by atoms with Crippen molar-refractivity contribution in [3.8, 4) is 0 Å². The van der Waals surface area contributed by atoms with Crippen molar-refractivity contribution in [2.75, 3.05) is 26.3 Å². The Morgan fingerprint density at radius 1 is 1.19 bits per heavy atom. The molecule has 1 saturated heterocycles. The van der Waals surface area contributed by atoms with E-state index in [0.717, 1.165) is 5.56 Å². The van der Waals surface area contributed by atoms with Crippen LogP contribution in [-0.4, -0.2) is 60.1 Å². The molecule has 27 heavy (non-hydrogen) atoms. The van der Waals surface area contributed by atoms with Crippen LogP contribution >= 0.6 is 0 Å². The minimum absolute atomic E-state index is 0.0939. The van der Waals surface area contributed by atoms with Gasteiger partial charge in [0, 0.05) is 25.7 Å². The van der Waals surface area contributed by atoms with Gasteiger partial charge < -0.3 is 9.84 Å². The van der Waals surface area contributed by atoms with Crippen molar-refractivity contribution < 1.29 is 23.1 Å². The molecule has 1 aliphatic heterocycles. The van der Waals surface area contributed by atoms with Crippen molar-refractivity contribution in [2.24, 2.45) is 0 Å². The average Bonchev–Trinajstić information content (AvgIpc) is 2.67. The van der Waals surface area contributed by atoms with Gasteiger partial charge in [0.05, 0.1) is 29.4 Å². The lowest BCUT2D eigenvalue weighted by molar-refractivity contribution is 0.0695. The number of carboxylic acids is 1. The molecule has 1 aromatic carbocycles. The van der Waals surface area contributed by atoms with Crippen molar-refractivity contribution in [3.63, 3.8) is 0 Å². The lowest BCUT2D eigenvalue weighted by Gasteiger charge is -2.26. The zero-order chi connectivity index (χ0) is 19.4. The van der Waals surface area contributed by atoms with E-state index in [1.165, 1.54) is 10.5 Å². The Balaban J connectivity index is 1.66. The second-order valence-electron chi connectivity index (χ2n) is 6.25. The van der Waals surface area contributed by atoms with Gasteiger partial charge in [0.25, 0.3) is 0 Å². The SMILES string of the molecule is Cc1nc(CCc2ccc(S(=O)(=O)N3CCOCC3)cc2)ncc1C(=O)O. The van der Waals surface area contributed by atoms with Crippen LogP contribution in [0.1, 0.15) is 27.4 Å². The van der Waals surface area contributed by atoms with Crippen LogP contribution in [0.15, 0.2) is 35.4 Å². The molecule has 0 radical (unpaired) electrons. The molecule has 1 aromatic heterocycles. The van der Waals surface area contributed by atoms with Crippen LogP contribution in [0.3, 0.4) is 0 Å². The topological polar surface area (TPSA) is 110 Å². The fourth-order valence-corrected chi connectivity index (χ4v) is 4.27. The number of aryl methyl sites for hydroxylation is 3. The van der Waals surface area contributed by atoms with Crippen LogP contribution in [0.5, 0.6) is 0 Å². The molecule has 0 amide bonds. The Morgan fingerprint density at radius 2 is 1.85 bits per heavy atom. The van der Waals surface area contributed by atoms with E-state index < -0.39 is 16.0 Å². The summed E-state index contributed by atoms with van der Waals surface area (Å²) in [5.41, 5.74) is 1.48. The number of sulfonamides is 1. The maximum Gasteiger partial charge on any atom is 0.339 e. The first-order valence-corrected chi connectivity index (χ1v) is 10.0. The molecule has 0 atom stereocenters. The molecule has 0 spiro atoms. The molecule has 2 heterocycles. The predicted molar refractivity (Wildman–Crippen MR) is 97.2 cm³/mol. The fraction of sp³-hybridized carbons (Fsp3) is 0.389. The number of nitrogens with zero attached hydrogens (tertiary/aromatic N) is 3. The summed E-state index contributed by atoms with van der Waals surface area (Å²) in [4.78, 5) is 19.6. The Labute approximate surface area is 157 Å². The number of carbonyl (C=O) groups is 1. The number of benzene rings is 1. The summed E-state index contributed by atoms with van der Waals surface area (Å²) in [5.74, 6) is -0.487. The fourth-order valence-electron chi connectivity index (χ4n) is 2.87. The standard InChI is InChI=1S/C18H21N3O5S/c1-13-16(18(22)23)12-19-17(20-13)7-4-14-2-5-15(6-3-14)27(24,25)21-8-10-26-11-9-21/h2-3,5-6,12H,4,7-11H2,1H3,(H,22,23). The van der Waals surface area contributed by atoms with Gasteiger partial charge in [-0.05, 0) is 31.0 Å². The first kappa shape index (κ1) is 19.4. The number of rotatable bonds is 6. The first-order valence-electron chi connectivity index (χ1n) is 8.60. The Hall–Kier alpha value is -2.36. The van der Waals surface area contributed by atoms with Crippen LogP contribution in [0.25, 0.3) is 0 Å². The summed E-state index contributed by atoms with van der Waals surface area (Å²) < 4.78 is 31.8. The first-order chi connectivity index (χ1) is 12.9. The van der Waals surface area contributed by atoms with Crippen LogP contribution in [-0.2, 0) is 27.6 Å². The molecule has 9 heteroatoms. The molecule has 1 N–H and O–H groups in total. The molecular weight excluding hydrogens is 370 g/mol. The summed E-state index contributed by atoms with van der Waals surface area (Å²) >= 11 is 0. The third-order valence-electron chi connectivity index (χ3n) is 4.43. The molecule has 2 aromatic rings. The van der Waals surface area contributed by atoms with Crippen LogP contribution in [0.2, 0.25) is 0 Å². The third kappa shape index (κ3) is 4.49. The average molecular weight is 391 g/mol. The lowest BCUT2D eigenvalue weighted by Crippen LogP contribution is -2.40. The summed E-state index contributed by atoms with van der Waals surface area (Å²) in [5, 5.41) is 9.01. The second kappa shape index (κ2) is 8.12. The van der Waals surface area contributed by atoms with Gasteiger partial charge in [0.2, 0.25) is 10.0 Å². The van der Waals surface area contributed by atoms with Crippen molar-refractivity contribution >= 4 is 16.0 Å². The van der Waals surface area contributed by atoms with Crippen molar-refractivity contribution in [2.45, 2.75) is 24.7 Å². The quantitative estimate of drug-likeness (QED) is 0.790. The number of hydrogen-bond donors (Lipinski definition) is 1. The normalized spacial score (nSPS) is 15.6. The van der Waals surface area contributed by atoms with E-state index in [4.69, 9.17) is 9.84 Å². The molecule has 0 bridgehead atoms. The summed E-state index contributed by atoms with van der Waals surface area (Å²) in [7, 11) is -3.49. The number of aromatic nitrogens is 2. The van der Waals surface area contributed by atoms with Crippen molar-refractivity contribution in [3.05, 3.63) is 53.1 Å². The van der Waals surface area contributed by atoms with Crippen LogP contribution in [0.4, 0.5) is 0 Å². The zero-order valence-corrected chi connectivity index (χ0v) is 15.8. The maximum absolute atomic E-state index is 12.6. The van der Waals surface area contributed by atoms with E-state index >= 15 is 0 Å². The zero-order valence-electron chi connectivity index (χ0n) is 15.0. The summed E-state index contributed by atoms with van der Waals surface area (Å²) in [6, 6.07) is 6.79. The molecule has 8 nitrogen and oxygen atoms in total. The van der Waals surface area contributed by atoms with E-state index in [-0.39, 0.29) is 10.5 Å². The smallest absolute Gasteiger partial charge is 0.339 e. The highest BCUT2D eigenvalue weighted by atomic mass is 32.2. The van der Waals surface area contributed by atoms with E-state index in [0.29, 0.717) is 50.7 Å². The van der Waals surface area contributed by atoms with Gasteiger partial charge in [-0.15, -0.1) is 0 Å². The molecule has 0 unspecified atom stereocenters. The largest absolute Gasteiger partial charge is 0.478 e. The monoisotopic (exact) mass is 391 g/mol. The van der Waals surface area contributed by atoms with E-state index in [9.17, 15) is 13.2 Å². The molecule has 1 fully saturated rings. The van der Waals surface area contributed by atoms with Crippen molar-refractivity contribution in [1.82, 2.24) is 14.3 Å². The van der Waals surface area contributed by atoms with Gasteiger partial charge in [-0.2, -0.15) is 4.31 Å².